The molecule has 0 radical (unpaired) electrons. The maximum atomic E-state index is 11.7. The number of sulfonamides is 1. The molecule has 1 aromatic carbocycles. The van der Waals surface area contributed by atoms with Gasteiger partial charge < -0.3 is 9.64 Å². The molecule has 0 atom stereocenters. The zero-order valence-electron chi connectivity index (χ0n) is 13.7. The maximum absolute atomic E-state index is 11.7. The lowest BCUT2D eigenvalue weighted by atomic mass is 10.2. The first-order chi connectivity index (χ1) is 10.3. The van der Waals surface area contributed by atoms with E-state index in [4.69, 9.17) is 16.3 Å². The highest BCUT2D eigenvalue weighted by molar-refractivity contribution is 7.89. The Morgan fingerprint density at radius 2 is 1.91 bits per heavy atom. The quantitative estimate of drug-likeness (QED) is 0.687. The fourth-order valence-corrected chi connectivity index (χ4v) is 3.09. The third-order valence-electron chi connectivity index (χ3n) is 3.26. The van der Waals surface area contributed by atoms with Crippen molar-refractivity contribution in [2.45, 2.75) is 19.9 Å². The number of benzene rings is 1. The van der Waals surface area contributed by atoms with Crippen molar-refractivity contribution < 1.29 is 13.2 Å². The molecule has 5 nitrogen and oxygen atoms in total. The van der Waals surface area contributed by atoms with Crippen LogP contribution < -0.4 is 4.74 Å². The fraction of sp³-hybridized carbons (Fsp3) is 0.600. The van der Waals surface area contributed by atoms with E-state index in [2.05, 4.69) is 4.90 Å². The topological polar surface area (TPSA) is 49.9 Å². The zero-order chi connectivity index (χ0) is 16.8. The van der Waals surface area contributed by atoms with Gasteiger partial charge in [-0.2, -0.15) is 0 Å². The number of hydrogen-bond donors (Lipinski definition) is 0. The van der Waals surface area contributed by atoms with Crippen LogP contribution in [0.15, 0.2) is 18.2 Å². The van der Waals surface area contributed by atoms with E-state index in [1.165, 1.54) is 4.31 Å². The van der Waals surface area contributed by atoms with Gasteiger partial charge in [-0.05, 0) is 45.1 Å². The van der Waals surface area contributed by atoms with Crippen molar-refractivity contribution in [3.8, 4) is 5.75 Å². The van der Waals surface area contributed by atoms with Crippen LogP contribution in [0.4, 0.5) is 0 Å². The Hall–Kier alpha value is -0.820. The van der Waals surface area contributed by atoms with Gasteiger partial charge in [0.15, 0.2) is 0 Å². The van der Waals surface area contributed by atoms with Crippen molar-refractivity contribution in [2.75, 3.05) is 40.0 Å². The summed E-state index contributed by atoms with van der Waals surface area (Å²) in [4.78, 5) is 2.07. The van der Waals surface area contributed by atoms with Crippen LogP contribution in [0.2, 0.25) is 5.02 Å². The van der Waals surface area contributed by atoms with Crippen molar-refractivity contribution in [1.82, 2.24) is 9.21 Å². The van der Waals surface area contributed by atoms with E-state index >= 15 is 0 Å². The van der Waals surface area contributed by atoms with Crippen LogP contribution in [0.5, 0.6) is 5.75 Å². The van der Waals surface area contributed by atoms with Crippen molar-refractivity contribution in [3.05, 3.63) is 28.8 Å². The first-order valence-electron chi connectivity index (χ1n) is 7.26. The largest absolute Gasteiger partial charge is 0.494 e. The molecule has 0 aliphatic carbocycles. The summed E-state index contributed by atoms with van der Waals surface area (Å²) < 4.78 is 30.3. The third-order valence-corrected chi connectivity index (χ3v) is 5.41. The van der Waals surface area contributed by atoms with Gasteiger partial charge in [0.2, 0.25) is 10.0 Å². The summed E-state index contributed by atoms with van der Waals surface area (Å²) in [6.07, 6.45) is 0.585. The Labute approximate surface area is 138 Å². The van der Waals surface area contributed by atoms with Gasteiger partial charge in [-0.3, -0.25) is 0 Å². The molecule has 7 heteroatoms. The molecule has 0 spiro atoms. The Morgan fingerprint density at radius 1 is 1.23 bits per heavy atom. The van der Waals surface area contributed by atoms with Crippen LogP contribution in [-0.4, -0.2) is 57.7 Å². The summed E-state index contributed by atoms with van der Waals surface area (Å²) in [5.41, 5.74) is 1.01. The summed E-state index contributed by atoms with van der Waals surface area (Å²) in [6, 6.07) is 5.56. The van der Waals surface area contributed by atoms with Crippen LogP contribution in [0, 0.1) is 0 Å². The van der Waals surface area contributed by atoms with E-state index in [0.29, 0.717) is 31.1 Å². The van der Waals surface area contributed by atoms with E-state index in [1.54, 1.807) is 20.2 Å². The molecule has 0 saturated carbocycles. The van der Waals surface area contributed by atoms with Crippen LogP contribution in [0.1, 0.15) is 18.9 Å². The molecule has 0 fully saturated rings. The van der Waals surface area contributed by atoms with Crippen LogP contribution in [0.3, 0.4) is 0 Å². The average molecular weight is 349 g/mol. The Kier molecular flexibility index (Phi) is 7.62. The zero-order valence-corrected chi connectivity index (χ0v) is 15.2. The van der Waals surface area contributed by atoms with E-state index < -0.39 is 10.0 Å². The lowest BCUT2D eigenvalue weighted by molar-refractivity contribution is 0.303. The molecule has 0 aliphatic rings. The lowest BCUT2D eigenvalue weighted by Gasteiger charge is -2.19. The molecule has 0 saturated heterocycles. The summed E-state index contributed by atoms with van der Waals surface area (Å²) in [7, 11) is 1.94. The molecule has 0 bridgehead atoms. The Balaban J connectivity index is 2.58. The van der Waals surface area contributed by atoms with Crippen molar-refractivity contribution >= 4 is 21.6 Å². The molecule has 1 rings (SSSR count). The molecule has 0 aromatic heterocycles. The molecule has 0 N–H and O–H groups in total. The summed E-state index contributed by atoms with van der Waals surface area (Å²) in [5.74, 6) is 0.970. The molecule has 22 heavy (non-hydrogen) atoms. The van der Waals surface area contributed by atoms with E-state index in [-0.39, 0.29) is 5.75 Å². The monoisotopic (exact) mass is 348 g/mol. The smallest absolute Gasteiger partial charge is 0.213 e. The minimum atomic E-state index is -3.13. The first-order valence-corrected chi connectivity index (χ1v) is 9.25. The van der Waals surface area contributed by atoms with Crippen molar-refractivity contribution in [2.24, 2.45) is 0 Å². The van der Waals surface area contributed by atoms with E-state index in [9.17, 15) is 8.42 Å². The Morgan fingerprint density at radius 3 is 2.50 bits per heavy atom. The number of rotatable bonds is 9. The number of hydrogen-bond acceptors (Lipinski definition) is 4. The number of ether oxygens (including phenoxy) is 1. The molecule has 0 amide bonds. The summed E-state index contributed by atoms with van der Waals surface area (Å²) in [5, 5.41) is 0.669. The van der Waals surface area contributed by atoms with Gasteiger partial charge in [0.05, 0.1) is 12.4 Å². The third kappa shape index (κ3) is 6.12. The van der Waals surface area contributed by atoms with Crippen molar-refractivity contribution in [3.63, 3.8) is 0 Å². The second-order valence-electron chi connectivity index (χ2n) is 5.37. The average Bonchev–Trinajstić information content (AvgIpc) is 2.41. The van der Waals surface area contributed by atoms with Gasteiger partial charge in [0, 0.05) is 31.2 Å². The highest BCUT2D eigenvalue weighted by Crippen LogP contribution is 2.24. The minimum Gasteiger partial charge on any atom is -0.494 e. The second kappa shape index (κ2) is 8.72. The molecule has 126 valence electrons. The number of nitrogens with zero attached hydrogens (tertiary/aromatic N) is 2. The second-order valence-corrected chi connectivity index (χ2v) is 8.11. The van der Waals surface area contributed by atoms with Gasteiger partial charge in [-0.15, -0.1) is 0 Å². The van der Waals surface area contributed by atoms with E-state index in [0.717, 1.165) is 11.3 Å². The van der Waals surface area contributed by atoms with Crippen molar-refractivity contribution in [1.29, 1.82) is 0 Å². The fourth-order valence-electron chi connectivity index (χ4n) is 2.04. The highest BCUT2D eigenvalue weighted by Gasteiger charge is 2.14. The molecule has 0 unspecified atom stereocenters. The first kappa shape index (κ1) is 19.2. The van der Waals surface area contributed by atoms with Gasteiger partial charge in [-0.25, -0.2) is 12.7 Å². The number of halogens is 1. The predicted molar refractivity (Wildman–Crippen MR) is 91.0 cm³/mol. The predicted octanol–water partition coefficient (Wildman–Crippen LogP) is 2.45. The standard InChI is InChI=1S/C15H25ClN2O3S/c1-5-21-15-8-7-14(16)11-13(15)12-18(4)9-6-10-22(19,20)17(2)3/h7-8,11H,5-6,9-10,12H2,1-4H3. The van der Waals surface area contributed by atoms with Gasteiger partial charge in [0.25, 0.3) is 0 Å². The van der Waals surface area contributed by atoms with Gasteiger partial charge in [-0.1, -0.05) is 11.6 Å². The molecular formula is C15H25ClN2O3S. The molecular weight excluding hydrogens is 324 g/mol. The van der Waals surface area contributed by atoms with Gasteiger partial charge >= 0.3 is 0 Å². The molecule has 1 aromatic rings. The SMILES string of the molecule is CCOc1ccc(Cl)cc1CN(C)CCCS(=O)(=O)N(C)C. The van der Waals surface area contributed by atoms with Crippen LogP contribution in [-0.2, 0) is 16.6 Å². The van der Waals surface area contributed by atoms with Gasteiger partial charge in [0.1, 0.15) is 5.75 Å². The van der Waals surface area contributed by atoms with Crippen LogP contribution in [0.25, 0.3) is 0 Å². The minimum absolute atomic E-state index is 0.151. The molecule has 0 heterocycles. The lowest BCUT2D eigenvalue weighted by Crippen LogP contribution is -2.28. The molecule has 0 aliphatic heterocycles. The maximum Gasteiger partial charge on any atom is 0.213 e. The summed E-state index contributed by atoms with van der Waals surface area (Å²) >= 11 is 6.04. The Bertz CT molecular complexity index is 576. The van der Waals surface area contributed by atoms with Crippen LogP contribution >= 0.6 is 11.6 Å². The normalized spacial score (nSPS) is 12.1. The summed E-state index contributed by atoms with van der Waals surface area (Å²) in [6.45, 7) is 3.89. The van der Waals surface area contributed by atoms with E-state index in [1.807, 2.05) is 26.1 Å². The highest BCUT2D eigenvalue weighted by atomic mass is 35.5.